The Bertz CT molecular complexity index is 1270. The first-order valence-electron chi connectivity index (χ1n) is 9.73. The number of aryl methyl sites for hydroxylation is 1. The molecule has 3 aromatic rings. The van der Waals surface area contributed by atoms with Crippen molar-refractivity contribution in [1.29, 1.82) is 0 Å². The Morgan fingerprint density at radius 2 is 1.97 bits per heavy atom. The maximum atomic E-state index is 13.1. The van der Waals surface area contributed by atoms with Gasteiger partial charge in [-0.2, -0.15) is 4.31 Å². The number of non-ortho nitro benzene ring substituents is 1. The third kappa shape index (κ3) is 4.38. The minimum atomic E-state index is -3.99. The van der Waals surface area contributed by atoms with Crippen molar-refractivity contribution in [2.75, 3.05) is 11.9 Å². The Hall–Kier alpha value is -3.22. The average molecular weight is 474 g/mol. The van der Waals surface area contributed by atoms with E-state index in [9.17, 15) is 23.3 Å². The average Bonchev–Trinajstić information content (AvgIpc) is 3.44. The molecule has 0 radical (unpaired) electrons. The Kier molecular flexibility index (Phi) is 6.00. The molecular formula is C20H19N5O5S2. The number of nitrogens with one attached hydrogen (secondary N) is 1. The number of hydrogen-bond acceptors (Lipinski definition) is 8. The van der Waals surface area contributed by atoms with Crippen LogP contribution in [0, 0.1) is 17.0 Å². The number of carbonyl (C=O) groups is 1. The van der Waals surface area contributed by atoms with Crippen molar-refractivity contribution in [3.05, 3.63) is 64.2 Å². The molecule has 1 fully saturated rings. The van der Waals surface area contributed by atoms with Gasteiger partial charge in [-0.25, -0.2) is 8.42 Å². The van der Waals surface area contributed by atoms with E-state index in [1.54, 1.807) is 0 Å². The highest BCUT2D eigenvalue weighted by Crippen LogP contribution is 2.30. The summed E-state index contributed by atoms with van der Waals surface area (Å²) in [5.41, 5.74) is 1.74. The topological polar surface area (TPSA) is 135 Å². The van der Waals surface area contributed by atoms with Gasteiger partial charge in [-0.1, -0.05) is 35.1 Å². The van der Waals surface area contributed by atoms with Crippen molar-refractivity contribution in [2.24, 2.45) is 0 Å². The molecule has 0 aliphatic carbocycles. The second-order valence-corrected chi connectivity index (χ2v) is 10.2. The number of aromatic nitrogens is 2. The Labute approximate surface area is 188 Å². The summed E-state index contributed by atoms with van der Waals surface area (Å²) in [5, 5.41) is 22.6. The highest BCUT2D eigenvalue weighted by Gasteiger charge is 2.39. The van der Waals surface area contributed by atoms with Crippen molar-refractivity contribution >= 4 is 38.1 Å². The van der Waals surface area contributed by atoms with E-state index in [1.165, 1.54) is 23.5 Å². The quantitative estimate of drug-likeness (QED) is 0.429. The molecule has 10 nitrogen and oxygen atoms in total. The van der Waals surface area contributed by atoms with E-state index >= 15 is 0 Å². The predicted molar refractivity (Wildman–Crippen MR) is 119 cm³/mol. The maximum absolute atomic E-state index is 13.1. The molecule has 2 heterocycles. The van der Waals surface area contributed by atoms with Crippen molar-refractivity contribution in [3.63, 3.8) is 0 Å². The molecule has 0 bridgehead atoms. The summed E-state index contributed by atoms with van der Waals surface area (Å²) >= 11 is 1.21. The van der Waals surface area contributed by atoms with E-state index in [2.05, 4.69) is 15.5 Å². The molecule has 1 atom stereocenters. The monoisotopic (exact) mass is 473 g/mol. The molecule has 1 amide bonds. The van der Waals surface area contributed by atoms with Gasteiger partial charge in [0.1, 0.15) is 11.0 Å². The molecule has 1 aliphatic rings. The van der Waals surface area contributed by atoms with Crippen LogP contribution in [0.25, 0.3) is 10.6 Å². The molecule has 1 N–H and O–H groups in total. The van der Waals surface area contributed by atoms with Crippen LogP contribution in [0.3, 0.4) is 0 Å². The molecule has 4 rings (SSSR count). The molecule has 1 aliphatic heterocycles. The molecular weight excluding hydrogens is 454 g/mol. The third-order valence-electron chi connectivity index (χ3n) is 5.08. The lowest BCUT2D eigenvalue weighted by Crippen LogP contribution is -2.43. The number of benzene rings is 2. The van der Waals surface area contributed by atoms with Crippen molar-refractivity contribution in [3.8, 4) is 10.6 Å². The number of rotatable bonds is 6. The van der Waals surface area contributed by atoms with Crippen LogP contribution in [-0.2, 0) is 14.8 Å². The van der Waals surface area contributed by atoms with Gasteiger partial charge < -0.3 is 0 Å². The highest BCUT2D eigenvalue weighted by molar-refractivity contribution is 7.89. The minimum Gasteiger partial charge on any atom is -0.299 e. The summed E-state index contributed by atoms with van der Waals surface area (Å²) in [6.07, 6.45) is 0.885. The van der Waals surface area contributed by atoms with Crippen LogP contribution in [0.15, 0.2) is 53.4 Å². The van der Waals surface area contributed by atoms with Crippen molar-refractivity contribution in [2.45, 2.75) is 30.7 Å². The summed E-state index contributed by atoms with van der Waals surface area (Å²) in [4.78, 5) is 23.0. The summed E-state index contributed by atoms with van der Waals surface area (Å²) in [6, 6.07) is 11.5. The number of sulfonamides is 1. The van der Waals surface area contributed by atoms with Gasteiger partial charge in [-0.3, -0.25) is 20.2 Å². The first kappa shape index (κ1) is 22.0. The zero-order chi connectivity index (χ0) is 22.9. The molecule has 0 spiro atoms. The fourth-order valence-electron chi connectivity index (χ4n) is 3.52. The van der Waals surface area contributed by atoms with Gasteiger partial charge in [-0.15, -0.1) is 10.2 Å². The number of amides is 1. The first-order chi connectivity index (χ1) is 15.3. The van der Waals surface area contributed by atoms with Gasteiger partial charge in [-0.05, 0) is 38.0 Å². The van der Waals surface area contributed by atoms with Gasteiger partial charge in [0.15, 0.2) is 0 Å². The smallest absolute Gasteiger partial charge is 0.269 e. The predicted octanol–water partition coefficient (Wildman–Crippen LogP) is 3.21. The van der Waals surface area contributed by atoms with E-state index in [-0.39, 0.29) is 22.3 Å². The lowest BCUT2D eigenvalue weighted by molar-refractivity contribution is -0.384. The molecule has 0 saturated carbocycles. The molecule has 12 heteroatoms. The second-order valence-electron chi connectivity index (χ2n) is 7.30. The Balaban J connectivity index is 1.51. The Morgan fingerprint density at radius 1 is 1.22 bits per heavy atom. The van der Waals surface area contributed by atoms with Crippen LogP contribution in [-0.4, -0.2) is 46.3 Å². The molecule has 2 aromatic carbocycles. The zero-order valence-electron chi connectivity index (χ0n) is 17.0. The fourth-order valence-corrected chi connectivity index (χ4v) is 5.92. The van der Waals surface area contributed by atoms with Gasteiger partial charge in [0.25, 0.3) is 5.69 Å². The number of nitro groups is 1. The third-order valence-corrected chi connectivity index (χ3v) is 7.89. The van der Waals surface area contributed by atoms with Gasteiger partial charge >= 0.3 is 0 Å². The molecule has 1 saturated heterocycles. The molecule has 1 aromatic heterocycles. The largest absolute Gasteiger partial charge is 0.299 e. The van der Waals surface area contributed by atoms with Crippen LogP contribution in [0.5, 0.6) is 0 Å². The summed E-state index contributed by atoms with van der Waals surface area (Å²) < 4.78 is 27.2. The van der Waals surface area contributed by atoms with Crippen LogP contribution in [0.2, 0.25) is 0 Å². The Morgan fingerprint density at radius 3 is 2.66 bits per heavy atom. The van der Waals surface area contributed by atoms with E-state index in [0.717, 1.165) is 27.6 Å². The number of carbonyl (C=O) groups excluding carboxylic acids is 1. The van der Waals surface area contributed by atoms with Gasteiger partial charge in [0.05, 0.1) is 9.82 Å². The van der Waals surface area contributed by atoms with Crippen molar-refractivity contribution < 1.29 is 18.1 Å². The van der Waals surface area contributed by atoms with E-state index in [1.807, 2.05) is 31.2 Å². The zero-order valence-corrected chi connectivity index (χ0v) is 18.6. The van der Waals surface area contributed by atoms with Crippen LogP contribution >= 0.6 is 11.3 Å². The highest BCUT2D eigenvalue weighted by atomic mass is 32.2. The lowest BCUT2D eigenvalue weighted by atomic mass is 10.1. The van der Waals surface area contributed by atoms with Crippen molar-refractivity contribution in [1.82, 2.24) is 14.5 Å². The fraction of sp³-hybridized carbons (Fsp3) is 0.250. The number of nitro benzene ring substituents is 1. The standard InChI is InChI=1S/C20H19N5O5S2/c1-13-4-2-5-14(12-13)19-22-23-20(31-19)21-18(26)17-6-3-11-24(17)32(29,30)16-9-7-15(8-10-16)25(27)28/h2,4-5,7-10,12,17H,3,6,11H2,1H3,(H,21,23,26). The van der Waals surface area contributed by atoms with E-state index < -0.39 is 26.9 Å². The molecule has 166 valence electrons. The lowest BCUT2D eigenvalue weighted by Gasteiger charge is -2.22. The number of nitrogens with zero attached hydrogens (tertiary/aromatic N) is 4. The van der Waals surface area contributed by atoms with Crippen LogP contribution in [0.1, 0.15) is 18.4 Å². The number of hydrogen-bond donors (Lipinski definition) is 1. The SMILES string of the molecule is Cc1cccc(-c2nnc(NC(=O)C3CCCN3S(=O)(=O)c3ccc([N+](=O)[O-])cc3)s2)c1. The summed E-state index contributed by atoms with van der Waals surface area (Å²) in [5.74, 6) is -0.486. The summed E-state index contributed by atoms with van der Waals surface area (Å²) in [7, 11) is -3.99. The maximum Gasteiger partial charge on any atom is 0.269 e. The first-order valence-corrected chi connectivity index (χ1v) is 12.0. The minimum absolute atomic E-state index is 0.0968. The van der Waals surface area contributed by atoms with Gasteiger partial charge in [0, 0.05) is 24.2 Å². The van der Waals surface area contributed by atoms with Gasteiger partial charge in [0.2, 0.25) is 21.1 Å². The second kappa shape index (κ2) is 8.73. The van der Waals surface area contributed by atoms with E-state index in [4.69, 9.17) is 0 Å². The van der Waals surface area contributed by atoms with Crippen LogP contribution in [0.4, 0.5) is 10.8 Å². The van der Waals surface area contributed by atoms with E-state index in [0.29, 0.717) is 17.8 Å². The number of anilines is 1. The van der Waals surface area contributed by atoms with Crippen LogP contribution < -0.4 is 5.32 Å². The summed E-state index contributed by atoms with van der Waals surface area (Å²) in [6.45, 7) is 2.15. The molecule has 32 heavy (non-hydrogen) atoms. The normalized spacial score (nSPS) is 16.7. The molecule has 1 unspecified atom stereocenters.